The molecule has 0 N–H and O–H groups in total. The molecule has 0 saturated heterocycles. The molecule has 2 aromatic heterocycles. The average Bonchev–Trinajstić information content (AvgIpc) is 3.28. The fourth-order valence-corrected chi connectivity index (χ4v) is 10.6. The number of fused-ring (bicyclic) bond motifs is 4. The van der Waals surface area contributed by atoms with Crippen LogP contribution in [0.2, 0.25) is 0 Å². The largest absolute Gasteiger partial charge is 0.487 e. The van der Waals surface area contributed by atoms with Crippen molar-refractivity contribution in [3.8, 4) is 11.5 Å². The van der Waals surface area contributed by atoms with Crippen molar-refractivity contribution in [3.05, 3.63) is 47.5 Å². The van der Waals surface area contributed by atoms with Gasteiger partial charge in [0.05, 0.1) is 51.6 Å². The Morgan fingerprint density at radius 3 is 1.81 bits per heavy atom. The van der Waals surface area contributed by atoms with Crippen molar-refractivity contribution in [1.82, 2.24) is 9.13 Å². The first-order valence-corrected chi connectivity index (χ1v) is 24.0. The normalized spacial score (nSPS) is 12.8. The van der Waals surface area contributed by atoms with Gasteiger partial charge < -0.3 is 42.4 Å². The van der Waals surface area contributed by atoms with E-state index >= 15 is 0 Å². The van der Waals surface area contributed by atoms with Gasteiger partial charge in [-0.3, -0.25) is 9.59 Å². The van der Waals surface area contributed by atoms with Gasteiger partial charge >= 0.3 is 5.97 Å². The Kier molecular flexibility index (Phi) is 19.6. The Morgan fingerprint density at radius 1 is 0.677 bits per heavy atom. The van der Waals surface area contributed by atoms with Gasteiger partial charge in [0.15, 0.2) is 5.75 Å². The molecule has 0 fully saturated rings. The molecular weight excluding hydrogens is 829 g/mol. The fraction of sp³-hybridized carbons (Fsp3) is 0.583. The van der Waals surface area contributed by atoms with Crippen molar-refractivity contribution in [2.75, 3.05) is 53.4 Å². The lowest BCUT2D eigenvalue weighted by atomic mass is 9.91. The number of hydrogen-bond acceptors (Lipinski definition) is 12. The first-order valence-electron chi connectivity index (χ1n) is 22.4. The molecule has 62 heavy (non-hydrogen) atoms. The summed E-state index contributed by atoms with van der Waals surface area (Å²) in [6, 6.07) is 12.6. The summed E-state index contributed by atoms with van der Waals surface area (Å²) >= 11 is 3.18. The van der Waals surface area contributed by atoms with Crippen LogP contribution in [0.15, 0.2) is 36.4 Å². The van der Waals surface area contributed by atoms with E-state index in [0.717, 1.165) is 96.9 Å². The standard InChI is InChI=1S/C48H68N2O10S2/c1-10-16-17-40(52)59-44(33(14-5)15-6)35-19-21-36-39(30-35)62-48-41(49(36)7)45(56-27-25-55-24-23-53-9)47-42(46(48)60-58-28-26-54-22-11-2)50(8)37-20-18-34(29-38(37)61-47)43(57-31-51)32(12-3)13-4/h18-21,29-33,43-44H,10-17,22-28H2,1-9H3. The highest BCUT2D eigenvalue weighted by Gasteiger charge is 2.29. The first-order chi connectivity index (χ1) is 30.2. The lowest BCUT2D eigenvalue weighted by Crippen LogP contribution is -2.19. The summed E-state index contributed by atoms with van der Waals surface area (Å²) in [6.07, 6.45) is 5.79. The van der Waals surface area contributed by atoms with Crippen LogP contribution in [0, 0.1) is 11.8 Å². The second kappa shape index (κ2) is 24.8. The molecule has 14 heteroatoms. The number of aryl methyl sites for hydroxylation is 2. The summed E-state index contributed by atoms with van der Waals surface area (Å²) in [6.45, 7) is 16.1. The maximum Gasteiger partial charge on any atom is 0.306 e. The number of esters is 1. The Bertz CT molecular complexity index is 2250. The molecule has 3 aromatic carbocycles. The molecule has 0 amide bonds. The molecule has 2 unspecified atom stereocenters. The molecule has 5 rings (SSSR count). The molecule has 0 bridgehead atoms. The van der Waals surface area contributed by atoms with Crippen LogP contribution in [-0.4, -0.2) is 74.9 Å². The van der Waals surface area contributed by atoms with Gasteiger partial charge in [-0.25, -0.2) is 0 Å². The Hall–Kier alpha value is -3.92. The van der Waals surface area contributed by atoms with E-state index in [1.807, 2.05) is 20.2 Å². The fourth-order valence-electron chi connectivity index (χ4n) is 8.04. The van der Waals surface area contributed by atoms with Gasteiger partial charge in [-0.1, -0.05) is 60.1 Å². The highest BCUT2D eigenvalue weighted by atomic mass is 32.1. The molecule has 2 heterocycles. The number of ether oxygens (including phenoxy) is 6. The van der Waals surface area contributed by atoms with E-state index in [2.05, 4.69) is 81.0 Å². The van der Waals surface area contributed by atoms with Crippen molar-refractivity contribution in [2.24, 2.45) is 25.9 Å². The quantitative estimate of drug-likeness (QED) is 0.0120. The number of nitrogens with zero attached hydrogens (tertiary/aromatic N) is 2. The van der Waals surface area contributed by atoms with Crippen molar-refractivity contribution in [1.29, 1.82) is 0 Å². The van der Waals surface area contributed by atoms with E-state index in [1.54, 1.807) is 29.8 Å². The summed E-state index contributed by atoms with van der Waals surface area (Å²) < 4.78 is 43.6. The van der Waals surface area contributed by atoms with E-state index in [4.69, 9.17) is 38.2 Å². The monoisotopic (exact) mass is 896 g/mol. The second-order valence-electron chi connectivity index (χ2n) is 15.6. The summed E-state index contributed by atoms with van der Waals surface area (Å²) in [5, 5.41) is 0. The number of rotatable bonds is 28. The number of benzene rings is 3. The minimum atomic E-state index is -0.376. The second-order valence-corrected chi connectivity index (χ2v) is 17.7. The molecule has 0 aliphatic carbocycles. The summed E-state index contributed by atoms with van der Waals surface area (Å²) in [4.78, 5) is 37.3. The summed E-state index contributed by atoms with van der Waals surface area (Å²) in [5.74, 6) is 1.40. The molecule has 0 aliphatic rings. The molecule has 0 aliphatic heterocycles. The number of methoxy groups -OCH3 is 1. The predicted molar refractivity (Wildman–Crippen MR) is 250 cm³/mol. The van der Waals surface area contributed by atoms with Gasteiger partial charge in [-0.15, -0.1) is 22.7 Å². The van der Waals surface area contributed by atoms with E-state index in [0.29, 0.717) is 64.0 Å². The van der Waals surface area contributed by atoms with Gasteiger partial charge in [-0.2, -0.15) is 4.89 Å². The van der Waals surface area contributed by atoms with Crippen LogP contribution in [0.1, 0.15) is 116 Å². The molecule has 2 atom stereocenters. The minimum Gasteiger partial charge on any atom is -0.487 e. The number of carbonyl (C=O) groups is 2. The van der Waals surface area contributed by atoms with Crippen LogP contribution >= 0.6 is 22.7 Å². The molecule has 0 saturated carbocycles. The predicted octanol–water partition coefficient (Wildman–Crippen LogP) is 11.9. The van der Waals surface area contributed by atoms with Crippen molar-refractivity contribution >= 4 is 76.0 Å². The Morgan fingerprint density at radius 2 is 1.23 bits per heavy atom. The van der Waals surface area contributed by atoms with E-state index < -0.39 is 0 Å². The highest BCUT2D eigenvalue weighted by molar-refractivity contribution is 7.26. The summed E-state index contributed by atoms with van der Waals surface area (Å²) in [5.41, 5.74) is 5.45. The van der Waals surface area contributed by atoms with E-state index in [9.17, 15) is 9.59 Å². The molecule has 5 aromatic rings. The SMILES string of the molecule is CCCCC(=O)OC(c1ccc2c(c1)sc1c(OOCCOCCC)c3c(sc4cc(C(OC=O)C(CC)CC)ccc4n3C)c(OCCOCCOC)c1n2C)C(CC)CC. The van der Waals surface area contributed by atoms with Crippen LogP contribution in [0.25, 0.3) is 40.9 Å². The maximum absolute atomic E-state index is 13.1. The van der Waals surface area contributed by atoms with Crippen LogP contribution in [0.4, 0.5) is 0 Å². The third-order valence-corrected chi connectivity index (χ3v) is 13.8. The Balaban J connectivity index is 1.81. The number of unbranched alkanes of at least 4 members (excludes halogenated alkanes) is 1. The van der Waals surface area contributed by atoms with E-state index in [1.165, 1.54) is 0 Å². The molecule has 12 nitrogen and oxygen atoms in total. The van der Waals surface area contributed by atoms with Crippen molar-refractivity contribution in [2.45, 2.75) is 105 Å². The van der Waals surface area contributed by atoms with Gasteiger partial charge in [0, 0.05) is 34.2 Å². The topological polar surface area (TPSA) is 118 Å². The third-order valence-electron chi connectivity index (χ3n) is 11.6. The van der Waals surface area contributed by atoms with Crippen LogP contribution in [-0.2, 0) is 52.3 Å². The lowest BCUT2D eigenvalue weighted by molar-refractivity contribution is -0.213. The van der Waals surface area contributed by atoms with Crippen LogP contribution in [0.5, 0.6) is 11.5 Å². The van der Waals surface area contributed by atoms with Crippen LogP contribution < -0.4 is 9.62 Å². The highest BCUT2D eigenvalue weighted by Crippen LogP contribution is 2.50. The lowest BCUT2D eigenvalue weighted by Gasteiger charge is -2.27. The molecular formula is C48H68N2O10S2. The van der Waals surface area contributed by atoms with Crippen molar-refractivity contribution < 1.29 is 47.8 Å². The Labute approximate surface area is 374 Å². The molecule has 342 valence electrons. The number of hydrogen-bond donors (Lipinski definition) is 0. The zero-order chi connectivity index (χ0) is 44.6. The van der Waals surface area contributed by atoms with Gasteiger partial charge in [0.2, 0.25) is 5.75 Å². The van der Waals surface area contributed by atoms with E-state index in [-0.39, 0.29) is 36.6 Å². The van der Waals surface area contributed by atoms with Gasteiger partial charge in [0.25, 0.3) is 6.47 Å². The van der Waals surface area contributed by atoms with Gasteiger partial charge in [0.1, 0.15) is 41.2 Å². The zero-order valence-electron chi connectivity index (χ0n) is 38.3. The van der Waals surface area contributed by atoms with Gasteiger partial charge in [-0.05, 0) is 85.8 Å². The van der Waals surface area contributed by atoms with Crippen molar-refractivity contribution in [3.63, 3.8) is 0 Å². The average molecular weight is 897 g/mol. The number of aromatic nitrogens is 2. The summed E-state index contributed by atoms with van der Waals surface area (Å²) in [7, 11) is 5.71. The zero-order valence-corrected chi connectivity index (χ0v) is 39.9. The molecule has 0 spiro atoms. The number of carbonyl (C=O) groups excluding carboxylic acids is 2. The van der Waals surface area contributed by atoms with Crippen LogP contribution in [0.3, 0.4) is 0 Å². The third kappa shape index (κ3) is 11.6. The molecule has 0 radical (unpaired) electrons. The first kappa shape index (κ1) is 49.1. The minimum absolute atomic E-state index is 0.165. The smallest absolute Gasteiger partial charge is 0.306 e. The maximum atomic E-state index is 13.1.